The number of nitrogens with one attached hydrogen (secondary N) is 1. The molecular weight excluding hydrogens is 344 g/mol. The molecule has 146 valence electrons. The van der Waals surface area contributed by atoms with Crippen molar-refractivity contribution < 1.29 is 9.59 Å². The molecule has 0 aromatic carbocycles. The number of carbonyl (C=O) groups excluding carboxylic acids is 2. The highest BCUT2D eigenvalue weighted by atomic mass is 16.2. The van der Waals surface area contributed by atoms with E-state index in [0.717, 1.165) is 25.1 Å². The number of hydrogen-bond donors (Lipinski definition) is 1. The molecule has 1 N–H and O–H groups in total. The summed E-state index contributed by atoms with van der Waals surface area (Å²) in [6.07, 6.45) is 4.45. The highest BCUT2D eigenvalue weighted by Crippen LogP contribution is 2.27. The van der Waals surface area contributed by atoms with Crippen LogP contribution in [-0.2, 0) is 0 Å². The SMILES string of the molecule is CCC(CC)NC(=O)c1ccc2nnc([C@H]3CCN(C(=O)N(C)C)C3)n2c1. The zero-order valence-corrected chi connectivity index (χ0v) is 16.5. The van der Waals surface area contributed by atoms with Crippen molar-refractivity contribution >= 4 is 17.6 Å². The minimum Gasteiger partial charge on any atom is -0.349 e. The van der Waals surface area contributed by atoms with Gasteiger partial charge in [0.05, 0.1) is 5.56 Å². The first-order valence-corrected chi connectivity index (χ1v) is 9.56. The molecule has 3 heterocycles. The van der Waals surface area contributed by atoms with E-state index in [2.05, 4.69) is 29.4 Å². The highest BCUT2D eigenvalue weighted by molar-refractivity contribution is 5.94. The average Bonchev–Trinajstić information content (AvgIpc) is 3.31. The van der Waals surface area contributed by atoms with Crippen molar-refractivity contribution in [1.82, 2.24) is 29.7 Å². The smallest absolute Gasteiger partial charge is 0.319 e. The predicted octanol–water partition coefficient (Wildman–Crippen LogP) is 2.12. The summed E-state index contributed by atoms with van der Waals surface area (Å²) in [5.41, 5.74) is 1.30. The maximum atomic E-state index is 12.6. The van der Waals surface area contributed by atoms with Gasteiger partial charge in [0, 0.05) is 45.3 Å². The van der Waals surface area contributed by atoms with Gasteiger partial charge in [0.25, 0.3) is 5.91 Å². The van der Waals surface area contributed by atoms with Gasteiger partial charge in [0.15, 0.2) is 5.65 Å². The first-order chi connectivity index (χ1) is 12.9. The molecule has 1 aliphatic heterocycles. The van der Waals surface area contributed by atoms with E-state index >= 15 is 0 Å². The number of fused-ring (bicyclic) bond motifs is 1. The summed E-state index contributed by atoms with van der Waals surface area (Å²) in [5, 5.41) is 11.6. The Morgan fingerprint density at radius 1 is 1.26 bits per heavy atom. The largest absolute Gasteiger partial charge is 0.349 e. The van der Waals surface area contributed by atoms with Crippen LogP contribution in [0.5, 0.6) is 0 Å². The molecule has 1 aliphatic rings. The summed E-state index contributed by atoms with van der Waals surface area (Å²) < 4.78 is 1.89. The van der Waals surface area contributed by atoms with Crippen molar-refractivity contribution in [1.29, 1.82) is 0 Å². The molecule has 2 aromatic rings. The molecule has 0 unspecified atom stereocenters. The molecule has 1 fully saturated rings. The molecular formula is C19H28N6O2. The molecule has 2 aromatic heterocycles. The average molecular weight is 372 g/mol. The Morgan fingerprint density at radius 3 is 2.67 bits per heavy atom. The number of urea groups is 1. The van der Waals surface area contributed by atoms with Crippen LogP contribution in [0.1, 0.15) is 55.2 Å². The number of nitrogens with zero attached hydrogens (tertiary/aromatic N) is 5. The van der Waals surface area contributed by atoms with Crippen molar-refractivity contribution in [3.63, 3.8) is 0 Å². The van der Waals surface area contributed by atoms with E-state index in [9.17, 15) is 9.59 Å². The Hall–Kier alpha value is -2.64. The molecule has 0 bridgehead atoms. The van der Waals surface area contributed by atoms with E-state index in [4.69, 9.17) is 0 Å². The molecule has 1 atom stereocenters. The van der Waals surface area contributed by atoms with E-state index in [1.807, 2.05) is 15.4 Å². The Bertz CT molecular complexity index is 827. The number of likely N-dealkylation sites (tertiary alicyclic amines) is 1. The Balaban J connectivity index is 1.82. The van der Waals surface area contributed by atoms with Crippen molar-refractivity contribution in [2.45, 2.75) is 45.1 Å². The van der Waals surface area contributed by atoms with Gasteiger partial charge in [-0.15, -0.1) is 10.2 Å². The zero-order valence-electron chi connectivity index (χ0n) is 16.5. The second-order valence-electron chi connectivity index (χ2n) is 7.30. The van der Waals surface area contributed by atoms with E-state index in [1.165, 1.54) is 0 Å². The number of carbonyl (C=O) groups is 2. The molecule has 0 aliphatic carbocycles. The number of amides is 3. The quantitative estimate of drug-likeness (QED) is 0.871. The molecule has 3 rings (SSSR count). The monoisotopic (exact) mass is 372 g/mol. The normalized spacial score (nSPS) is 16.9. The lowest BCUT2D eigenvalue weighted by Gasteiger charge is -2.21. The summed E-state index contributed by atoms with van der Waals surface area (Å²) in [6, 6.07) is 3.78. The van der Waals surface area contributed by atoms with Gasteiger partial charge < -0.3 is 15.1 Å². The molecule has 27 heavy (non-hydrogen) atoms. The predicted molar refractivity (Wildman–Crippen MR) is 103 cm³/mol. The topological polar surface area (TPSA) is 82.8 Å². The Morgan fingerprint density at radius 2 is 2.00 bits per heavy atom. The lowest BCUT2D eigenvalue weighted by atomic mass is 10.1. The van der Waals surface area contributed by atoms with E-state index < -0.39 is 0 Å². The van der Waals surface area contributed by atoms with Crippen molar-refractivity contribution in [2.24, 2.45) is 0 Å². The minimum atomic E-state index is -0.0823. The maximum Gasteiger partial charge on any atom is 0.319 e. The standard InChI is InChI=1S/C19H28N6O2/c1-5-15(6-2)20-18(26)14-7-8-16-21-22-17(25(16)12-14)13-9-10-24(11-13)19(27)23(3)4/h7-8,12-13,15H,5-6,9-11H2,1-4H3,(H,20,26)/t13-/m0/s1. The summed E-state index contributed by atoms with van der Waals surface area (Å²) >= 11 is 0. The number of hydrogen-bond acceptors (Lipinski definition) is 4. The van der Waals surface area contributed by atoms with Crippen LogP contribution < -0.4 is 5.32 Å². The van der Waals surface area contributed by atoms with Gasteiger partial charge in [0.2, 0.25) is 0 Å². The summed E-state index contributed by atoms with van der Waals surface area (Å²) in [5.74, 6) is 0.832. The fraction of sp³-hybridized carbons (Fsp3) is 0.579. The minimum absolute atomic E-state index is 0.0107. The summed E-state index contributed by atoms with van der Waals surface area (Å²) in [4.78, 5) is 28.2. The van der Waals surface area contributed by atoms with E-state index in [-0.39, 0.29) is 23.9 Å². The van der Waals surface area contributed by atoms with Crippen LogP contribution in [0, 0.1) is 0 Å². The third-order valence-electron chi connectivity index (χ3n) is 5.22. The van der Waals surface area contributed by atoms with Crippen molar-refractivity contribution in [3.8, 4) is 0 Å². The number of aromatic nitrogens is 3. The molecule has 0 radical (unpaired) electrons. The Kier molecular flexibility index (Phi) is 5.62. The van der Waals surface area contributed by atoms with Crippen molar-refractivity contribution in [3.05, 3.63) is 29.7 Å². The van der Waals surface area contributed by atoms with Crippen LogP contribution in [-0.4, -0.2) is 69.6 Å². The fourth-order valence-electron chi connectivity index (χ4n) is 3.51. The van der Waals surface area contributed by atoms with Crippen LogP contribution in [0.2, 0.25) is 0 Å². The van der Waals surface area contributed by atoms with Crippen LogP contribution in [0.3, 0.4) is 0 Å². The summed E-state index contributed by atoms with van der Waals surface area (Å²) in [7, 11) is 3.51. The van der Waals surface area contributed by atoms with Gasteiger partial charge in [-0.05, 0) is 31.4 Å². The van der Waals surface area contributed by atoms with E-state index in [1.54, 1.807) is 31.3 Å². The molecule has 3 amide bonds. The lowest BCUT2D eigenvalue weighted by molar-refractivity contribution is 0.0934. The van der Waals surface area contributed by atoms with Gasteiger partial charge in [0.1, 0.15) is 5.82 Å². The first-order valence-electron chi connectivity index (χ1n) is 9.56. The Labute approximate surface area is 159 Å². The van der Waals surface area contributed by atoms with Gasteiger partial charge >= 0.3 is 6.03 Å². The third kappa shape index (κ3) is 3.89. The molecule has 0 saturated carbocycles. The summed E-state index contributed by atoms with van der Waals surface area (Å²) in [6.45, 7) is 5.44. The maximum absolute atomic E-state index is 12.6. The fourth-order valence-corrected chi connectivity index (χ4v) is 3.51. The second kappa shape index (κ2) is 7.94. The zero-order chi connectivity index (χ0) is 19.6. The molecule has 8 nitrogen and oxygen atoms in total. The van der Waals surface area contributed by atoms with Gasteiger partial charge in [-0.2, -0.15) is 0 Å². The lowest BCUT2D eigenvalue weighted by Crippen LogP contribution is -2.37. The first kappa shape index (κ1) is 19.1. The van der Waals surface area contributed by atoms with E-state index in [0.29, 0.717) is 24.3 Å². The third-order valence-corrected chi connectivity index (χ3v) is 5.22. The second-order valence-corrected chi connectivity index (χ2v) is 7.30. The number of pyridine rings is 1. The van der Waals surface area contributed by atoms with Crippen LogP contribution in [0.25, 0.3) is 5.65 Å². The highest BCUT2D eigenvalue weighted by Gasteiger charge is 2.31. The van der Waals surface area contributed by atoms with Crippen LogP contribution >= 0.6 is 0 Å². The molecule has 8 heteroatoms. The van der Waals surface area contributed by atoms with Gasteiger partial charge in [-0.3, -0.25) is 9.20 Å². The van der Waals surface area contributed by atoms with Gasteiger partial charge in [-0.25, -0.2) is 4.79 Å². The van der Waals surface area contributed by atoms with Gasteiger partial charge in [-0.1, -0.05) is 13.8 Å². The molecule has 0 spiro atoms. The van der Waals surface area contributed by atoms with Crippen LogP contribution in [0.15, 0.2) is 18.3 Å². The number of rotatable bonds is 5. The van der Waals surface area contributed by atoms with Crippen LogP contribution in [0.4, 0.5) is 4.79 Å². The molecule has 1 saturated heterocycles. The van der Waals surface area contributed by atoms with Crippen molar-refractivity contribution in [2.75, 3.05) is 27.2 Å².